The van der Waals surface area contributed by atoms with Gasteiger partial charge in [-0.05, 0) is 92.5 Å². The highest BCUT2D eigenvalue weighted by Crippen LogP contribution is 2.44. The van der Waals surface area contributed by atoms with Gasteiger partial charge in [-0.15, -0.1) is 0 Å². The van der Waals surface area contributed by atoms with Crippen molar-refractivity contribution in [3.05, 3.63) is 35.4 Å². The van der Waals surface area contributed by atoms with Crippen molar-refractivity contribution in [3.8, 4) is 0 Å². The lowest BCUT2D eigenvalue weighted by Crippen LogP contribution is -2.62. The van der Waals surface area contributed by atoms with Crippen LogP contribution >= 0.6 is 0 Å². The summed E-state index contributed by atoms with van der Waals surface area (Å²) in [5.74, 6) is -5.88. The molecule has 3 aliphatic heterocycles. The maximum absolute atomic E-state index is 15.1. The van der Waals surface area contributed by atoms with Gasteiger partial charge < -0.3 is 49.5 Å². The quantitative estimate of drug-likeness (QED) is 0.0972. The second kappa shape index (κ2) is 25.8. The molecule has 5 amide bonds. The van der Waals surface area contributed by atoms with Gasteiger partial charge in [0.25, 0.3) is 0 Å². The number of ether oxygens (including phenoxy) is 3. The topological polar surface area (TPSA) is 219 Å². The fourth-order valence-corrected chi connectivity index (χ4v) is 16.8. The number of nitrogens with zero attached hydrogens (tertiary/aromatic N) is 2. The van der Waals surface area contributed by atoms with Crippen LogP contribution in [0.4, 0.5) is 4.79 Å². The summed E-state index contributed by atoms with van der Waals surface area (Å²) in [4.78, 5) is 105. The summed E-state index contributed by atoms with van der Waals surface area (Å²) in [6.07, 6.45) is -4.67. The molecule has 3 aliphatic rings. The molecular weight excluding hydrogens is 951 g/mol. The highest BCUT2D eigenvalue weighted by molar-refractivity contribution is 6.77. The number of rotatable bonds is 11. The molecule has 0 bridgehead atoms. The summed E-state index contributed by atoms with van der Waals surface area (Å²) >= 11 is 0. The zero-order valence-corrected chi connectivity index (χ0v) is 48.0. The van der Waals surface area contributed by atoms with E-state index in [1.807, 2.05) is 52.0 Å². The van der Waals surface area contributed by atoms with Crippen molar-refractivity contribution in [1.29, 1.82) is 0 Å². The molecule has 3 heterocycles. The summed E-state index contributed by atoms with van der Waals surface area (Å²) in [6, 6.07) is 1.80. The molecular formula is C55H91N5O12Si. The van der Waals surface area contributed by atoms with Gasteiger partial charge in [-0.25, -0.2) is 9.59 Å². The number of aliphatic hydroxyl groups excluding tert-OH is 1. The lowest BCUT2D eigenvalue weighted by atomic mass is 9.90. The smallest absolute Gasteiger partial charge is 0.408 e. The van der Waals surface area contributed by atoms with Crippen LogP contribution in [0.3, 0.4) is 0 Å². The van der Waals surface area contributed by atoms with Crippen molar-refractivity contribution in [3.63, 3.8) is 0 Å². The number of carbonyl (C=O) groups is 7. The predicted octanol–water partition coefficient (Wildman–Crippen LogP) is 7.35. The molecule has 18 heteroatoms. The van der Waals surface area contributed by atoms with Crippen LogP contribution in [0.2, 0.25) is 16.6 Å². The molecule has 0 radical (unpaired) electrons. The van der Waals surface area contributed by atoms with Gasteiger partial charge in [0.15, 0.2) is 0 Å². The molecule has 1 aromatic carbocycles. The normalized spacial score (nSPS) is 28.3. The molecule has 1 aromatic rings. The van der Waals surface area contributed by atoms with Gasteiger partial charge >= 0.3 is 18.0 Å². The van der Waals surface area contributed by atoms with E-state index in [4.69, 9.17) is 18.6 Å². The summed E-state index contributed by atoms with van der Waals surface area (Å²) in [5, 5.41) is 20.7. The highest BCUT2D eigenvalue weighted by atomic mass is 28.4. The Bertz CT molecular complexity index is 2070. The van der Waals surface area contributed by atoms with Crippen LogP contribution in [0.25, 0.3) is 0 Å². The zero-order valence-electron chi connectivity index (χ0n) is 47.0. The molecule has 0 aliphatic carbocycles. The van der Waals surface area contributed by atoms with Crippen molar-refractivity contribution >= 4 is 50.0 Å². The van der Waals surface area contributed by atoms with Gasteiger partial charge in [0.1, 0.15) is 48.1 Å². The monoisotopic (exact) mass is 1040 g/mol. The van der Waals surface area contributed by atoms with Crippen LogP contribution in [-0.2, 0) is 60.4 Å². The highest BCUT2D eigenvalue weighted by Gasteiger charge is 2.50. The van der Waals surface area contributed by atoms with Gasteiger partial charge in [-0.1, -0.05) is 121 Å². The van der Waals surface area contributed by atoms with E-state index < -0.39 is 122 Å². The third kappa shape index (κ3) is 15.1. The Morgan fingerprint density at radius 1 is 0.822 bits per heavy atom. The first-order valence-corrected chi connectivity index (χ1v) is 29.1. The molecule has 2 saturated heterocycles. The van der Waals surface area contributed by atoms with Crippen LogP contribution < -0.4 is 16.0 Å². The molecule has 2 fully saturated rings. The Labute approximate surface area is 436 Å². The number of hydrogen-bond donors (Lipinski definition) is 4. The summed E-state index contributed by atoms with van der Waals surface area (Å²) < 4.78 is 25.5. The Morgan fingerprint density at radius 3 is 1.97 bits per heavy atom. The van der Waals surface area contributed by atoms with Crippen molar-refractivity contribution in [2.75, 3.05) is 6.54 Å². The maximum atomic E-state index is 15.1. The van der Waals surface area contributed by atoms with Crippen LogP contribution in [0.5, 0.6) is 0 Å². The Balaban J connectivity index is 1.96. The lowest BCUT2D eigenvalue weighted by Gasteiger charge is -2.47. The predicted molar refractivity (Wildman–Crippen MR) is 281 cm³/mol. The number of benzene rings is 1. The number of cyclic esters (lactones) is 2. The van der Waals surface area contributed by atoms with Crippen LogP contribution in [-0.4, -0.2) is 132 Å². The van der Waals surface area contributed by atoms with Gasteiger partial charge in [-0.2, -0.15) is 0 Å². The van der Waals surface area contributed by atoms with E-state index in [9.17, 15) is 29.1 Å². The number of nitrogens with one attached hydrogen (secondary N) is 3. The van der Waals surface area contributed by atoms with Crippen molar-refractivity contribution < 1.29 is 57.3 Å². The van der Waals surface area contributed by atoms with Gasteiger partial charge in [0.05, 0.1) is 24.5 Å². The number of aliphatic hydroxyl groups is 1. The Kier molecular flexibility index (Phi) is 21.6. The van der Waals surface area contributed by atoms with E-state index in [0.29, 0.717) is 19.3 Å². The maximum Gasteiger partial charge on any atom is 0.408 e. The molecule has 73 heavy (non-hydrogen) atoms. The number of esters is 2. The largest absolute Gasteiger partial charge is 0.459 e. The minimum Gasteiger partial charge on any atom is -0.459 e. The van der Waals surface area contributed by atoms with E-state index in [0.717, 1.165) is 11.1 Å². The molecule has 4 rings (SSSR count). The van der Waals surface area contributed by atoms with E-state index in [1.54, 1.807) is 34.6 Å². The number of amides is 5. The van der Waals surface area contributed by atoms with Crippen molar-refractivity contribution in [1.82, 2.24) is 25.8 Å². The molecule has 412 valence electrons. The fourth-order valence-electron chi connectivity index (χ4n) is 11.2. The summed E-state index contributed by atoms with van der Waals surface area (Å²) in [7, 11) is -2.85. The van der Waals surface area contributed by atoms with Crippen LogP contribution in [0.1, 0.15) is 161 Å². The van der Waals surface area contributed by atoms with Crippen molar-refractivity contribution in [2.24, 2.45) is 23.7 Å². The average molecular weight is 1040 g/mol. The van der Waals surface area contributed by atoms with Gasteiger partial charge in [0.2, 0.25) is 31.9 Å². The van der Waals surface area contributed by atoms with E-state index in [-0.39, 0.29) is 60.8 Å². The Hall–Kier alpha value is -4.55. The van der Waals surface area contributed by atoms with Gasteiger partial charge in [0, 0.05) is 19.5 Å². The number of fused-ring (bicyclic) bond motifs is 3. The fraction of sp³-hybridized carbons (Fsp3) is 0.764. The third-order valence-electron chi connectivity index (χ3n) is 15.3. The molecule has 0 spiro atoms. The summed E-state index contributed by atoms with van der Waals surface area (Å²) in [5.41, 5.74) is 0.840. The molecule has 17 nitrogen and oxygen atoms in total. The van der Waals surface area contributed by atoms with Crippen LogP contribution in [0.15, 0.2) is 24.3 Å². The number of hydrogen-bond acceptors (Lipinski definition) is 12. The number of alkyl carbamates (subject to hydrolysis) is 1. The first-order valence-electron chi connectivity index (χ1n) is 27.0. The van der Waals surface area contributed by atoms with Gasteiger partial charge in [-0.3, -0.25) is 24.0 Å². The zero-order chi connectivity index (χ0) is 55.0. The van der Waals surface area contributed by atoms with Crippen molar-refractivity contribution in [2.45, 2.75) is 240 Å². The average Bonchev–Trinajstić information content (AvgIpc) is 3.79. The standard InChI is InChI=1S/C55H91N5O12Si/c1-18-35(12)45-43(72-73(32(6)7,33(8)9)34(10)11)28-44(61)70-48(31(4)5)47(62)36(13)49(63)56-40(26-30(2)3)51(65)59-25-21-24-41(59)52(66)60-29-39-23-20-19-22-38(39)27-42(60)53(67)69-37(14)46(50(64)57-45)58-54(68)71-55(15,16)17/h19-20,22-23,30-37,40-43,45-48,62H,18,21,24-29H2,1-17H3,(H,56,63)(H,57,64)(H,58,68)/t35-,36-,37+,40+,41-,42+,43-,45+,46-,47-,48+/m0/s1. The molecule has 0 aromatic heterocycles. The molecule has 4 N–H and O–H groups in total. The second-order valence-corrected chi connectivity index (χ2v) is 29.1. The molecule has 0 unspecified atom stereocenters. The van der Waals surface area contributed by atoms with E-state index in [2.05, 4.69) is 57.5 Å². The second-order valence-electron chi connectivity index (χ2n) is 23.7. The third-order valence-corrected chi connectivity index (χ3v) is 21.4. The minimum atomic E-state index is -2.85. The Morgan fingerprint density at radius 2 is 1.42 bits per heavy atom. The molecule has 11 atom stereocenters. The first kappa shape index (κ1) is 61.0. The van der Waals surface area contributed by atoms with Crippen LogP contribution in [0, 0.1) is 23.7 Å². The molecule has 0 saturated carbocycles. The van der Waals surface area contributed by atoms with E-state index >= 15 is 9.59 Å². The number of carbonyl (C=O) groups excluding carboxylic acids is 7. The SMILES string of the molecule is CC[C@H](C)[C@H]1NC(=O)[C@@H](NC(=O)OC(C)(C)C)[C@@H](C)OC(=O)[C@H]2Cc3ccccc3CN2C(=O)[C@@H]2CCCN2C(=O)[C@@H](CC(C)C)NC(=O)[C@@H](C)[C@H](O)[C@@H](C(C)C)OC(=O)C[C@@H]1O[Si](C(C)C)(C(C)C)C(C)C. The lowest BCUT2D eigenvalue weighted by molar-refractivity contribution is -0.166. The summed E-state index contributed by atoms with van der Waals surface area (Å²) in [6.45, 7) is 32.2. The first-order chi connectivity index (χ1) is 33.9. The minimum absolute atomic E-state index is 0.0348. The van der Waals surface area contributed by atoms with E-state index in [1.165, 1.54) is 23.6 Å².